The number of aromatic nitrogens is 2. The molecule has 2 aromatic rings. The zero-order valence-electron chi connectivity index (χ0n) is 13.1. The molecular formula is C17H20IN3O2. The lowest BCUT2D eigenvalue weighted by Crippen LogP contribution is -2.38. The molecule has 1 aromatic carbocycles. The van der Waals surface area contributed by atoms with Gasteiger partial charge in [-0.15, -0.1) is 0 Å². The molecule has 2 N–H and O–H groups in total. The Balaban J connectivity index is 1.88. The number of nitrogens with zero attached hydrogens (tertiary/aromatic N) is 1. The number of halogens is 1. The van der Waals surface area contributed by atoms with E-state index in [-0.39, 0.29) is 17.3 Å². The normalized spacial score (nSPS) is 15.6. The van der Waals surface area contributed by atoms with Crippen LogP contribution in [-0.2, 0) is 0 Å². The first kappa shape index (κ1) is 16.3. The molecule has 1 heterocycles. The van der Waals surface area contributed by atoms with Crippen molar-refractivity contribution in [3.8, 4) is 0 Å². The molecule has 3 rings (SSSR count). The quantitative estimate of drug-likeness (QED) is 0.738. The number of anilines is 2. The average molecular weight is 425 g/mol. The number of hydrogen-bond donors (Lipinski definition) is 2. The van der Waals surface area contributed by atoms with Crippen LogP contribution in [0.1, 0.15) is 43.7 Å². The number of hydrogen-bond acceptors (Lipinski definition) is 3. The zero-order chi connectivity index (χ0) is 16.4. The molecule has 0 bridgehead atoms. The smallest absolute Gasteiger partial charge is 0.330 e. The van der Waals surface area contributed by atoms with Crippen molar-refractivity contribution in [2.24, 2.45) is 0 Å². The van der Waals surface area contributed by atoms with E-state index in [9.17, 15) is 9.59 Å². The topological polar surface area (TPSA) is 66.9 Å². The van der Waals surface area contributed by atoms with Crippen molar-refractivity contribution in [1.82, 2.24) is 9.55 Å². The number of nitrogens with one attached hydrogen (secondary N) is 2. The third-order valence-corrected chi connectivity index (χ3v) is 5.52. The van der Waals surface area contributed by atoms with Gasteiger partial charge in [0.15, 0.2) is 0 Å². The average Bonchev–Trinajstić information content (AvgIpc) is 2.51. The summed E-state index contributed by atoms with van der Waals surface area (Å²) in [6.07, 6.45) is 5.17. The van der Waals surface area contributed by atoms with Gasteiger partial charge in [0.1, 0.15) is 5.82 Å². The molecule has 1 aromatic heterocycles. The number of rotatable bonds is 3. The van der Waals surface area contributed by atoms with Crippen LogP contribution in [0.15, 0.2) is 33.9 Å². The third-order valence-electron chi connectivity index (χ3n) is 4.36. The zero-order valence-corrected chi connectivity index (χ0v) is 15.2. The van der Waals surface area contributed by atoms with Gasteiger partial charge in [0.2, 0.25) is 0 Å². The van der Waals surface area contributed by atoms with E-state index in [1.165, 1.54) is 22.6 Å². The maximum atomic E-state index is 12.4. The van der Waals surface area contributed by atoms with Crippen molar-refractivity contribution in [1.29, 1.82) is 0 Å². The van der Waals surface area contributed by atoms with Gasteiger partial charge in [0.05, 0.1) is 0 Å². The molecule has 122 valence electrons. The fourth-order valence-electron chi connectivity index (χ4n) is 3.08. The summed E-state index contributed by atoms with van der Waals surface area (Å²) in [4.78, 5) is 27.5. The standard InChI is InChI=1S/C17H20IN3O2/c1-11-7-8-12(9-14(11)18)19-15-10-16(22)21(17(23)20-15)13-5-3-2-4-6-13/h7-10,13,19H,2-6H2,1H3,(H,20,23). The summed E-state index contributed by atoms with van der Waals surface area (Å²) in [5.74, 6) is 0.437. The molecule has 23 heavy (non-hydrogen) atoms. The molecular weight excluding hydrogens is 405 g/mol. The van der Waals surface area contributed by atoms with E-state index >= 15 is 0 Å². The van der Waals surface area contributed by atoms with Gasteiger partial charge in [0.25, 0.3) is 5.56 Å². The Bertz CT molecular complexity index is 788. The van der Waals surface area contributed by atoms with E-state index < -0.39 is 0 Å². The summed E-state index contributed by atoms with van der Waals surface area (Å²) in [5.41, 5.74) is 1.49. The highest BCUT2D eigenvalue weighted by molar-refractivity contribution is 14.1. The van der Waals surface area contributed by atoms with Crippen molar-refractivity contribution in [3.05, 3.63) is 54.2 Å². The lowest BCUT2D eigenvalue weighted by Gasteiger charge is -2.23. The minimum Gasteiger partial charge on any atom is -0.342 e. The summed E-state index contributed by atoms with van der Waals surface area (Å²) < 4.78 is 2.51. The van der Waals surface area contributed by atoms with E-state index in [0.717, 1.165) is 34.9 Å². The van der Waals surface area contributed by atoms with Gasteiger partial charge in [-0.05, 0) is 60.1 Å². The fourth-order valence-corrected chi connectivity index (χ4v) is 3.60. The van der Waals surface area contributed by atoms with Crippen LogP contribution in [0, 0.1) is 10.5 Å². The van der Waals surface area contributed by atoms with Crippen LogP contribution in [0.2, 0.25) is 0 Å². The molecule has 0 spiro atoms. The van der Waals surface area contributed by atoms with Gasteiger partial charge in [0, 0.05) is 21.4 Å². The molecule has 1 aliphatic rings. The summed E-state index contributed by atoms with van der Waals surface area (Å²) in [6, 6.07) is 7.44. The SMILES string of the molecule is Cc1ccc(Nc2cc(=O)n(C3CCCCC3)c(=O)[nH]2)cc1I. The summed E-state index contributed by atoms with van der Waals surface area (Å²) in [7, 11) is 0. The summed E-state index contributed by atoms with van der Waals surface area (Å²) in [6.45, 7) is 2.04. The Hall–Kier alpha value is -1.57. The van der Waals surface area contributed by atoms with Crippen LogP contribution in [-0.4, -0.2) is 9.55 Å². The van der Waals surface area contributed by atoms with Gasteiger partial charge in [-0.1, -0.05) is 25.3 Å². The second-order valence-electron chi connectivity index (χ2n) is 6.08. The largest absolute Gasteiger partial charge is 0.342 e. The first-order chi connectivity index (χ1) is 11.0. The predicted molar refractivity (Wildman–Crippen MR) is 101 cm³/mol. The number of benzene rings is 1. The third kappa shape index (κ3) is 3.68. The fraction of sp³-hybridized carbons (Fsp3) is 0.412. The minimum atomic E-state index is -0.325. The Labute approximate surface area is 148 Å². The number of H-pyrrole nitrogens is 1. The molecule has 5 nitrogen and oxygen atoms in total. The molecule has 0 amide bonds. The highest BCUT2D eigenvalue weighted by atomic mass is 127. The number of aromatic amines is 1. The highest BCUT2D eigenvalue weighted by Crippen LogP contribution is 2.26. The Morgan fingerprint density at radius 1 is 1.17 bits per heavy atom. The first-order valence-electron chi connectivity index (χ1n) is 7.93. The Morgan fingerprint density at radius 2 is 1.91 bits per heavy atom. The van der Waals surface area contributed by atoms with E-state index in [1.54, 1.807) is 0 Å². The predicted octanol–water partition coefficient (Wildman–Crippen LogP) is 3.70. The molecule has 0 atom stereocenters. The molecule has 1 fully saturated rings. The first-order valence-corrected chi connectivity index (χ1v) is 9.01. The Kier molecular flexibility index (Phi) is 4.89. The molecule has 6 heteroatoms. The monoisotopic (exact) mass is 425 g/mol. The lowest BCUT2D eigenvalue weighted by molar-refractivity contribution is 0.336. The summed E-state index contributed by atoms with van der Waals surface area (Å²) in [5, 5.41) is 3.11. The molecule has 1 aliphatic carbocycles. The van der Waals surface area contributed by atoms with E-state index in [0.29, 0.717) is 5.82 Å². The van der Waals surface area contributed by atoms with Gasteiger partial charge in [-0.25, -0.2) is 4.79 Å². The van der Waals surface area contributed by atoms with Gasteiger partial charge in [-0.3, -0.25) is 14.3 Å². The Morgan fingerprint density at radius 3 is 2.57 bits per heavy atom. The van der Waals surface area contributed by atoms with E-state index in [2.05, 4.69) is 32.9 Å². The maximum absolute atomic E-state index is 12.4. The second kappa shape index (κ2) is 6.90. The van der Waals surface area contributed by atoms with Crippen LogP contribution in [0.5, 0.6) is 0 Å². The minimum absolute atomic E-state index is 0.0365. The van der Waals surface area contributed by atoms with Crippen LogP contribution in [0.3, 0.4) is 0 Å². The van der Waals surface area contributed by atoms with Crippen molar-refractivity contribution < 1.29 is 0 Å². The van der Waals surface area contributed by atoms with Crippen LogP contribution in [0.4, 0.5) is 11.5 Å². The van der Waals surface area contributed by atoms with Crippen molar-refractivity contribution >= 4 is 34.1 Å². The van der Waals surface area contributed by atoms with Gasteiger partial charge < -0.3 is 5.32 Å². The van der Waals surface area contributed by atoms with Crippen LogP contribution >= 0.6 is 22.6 Å². The van der Waals surface area contributed by atoms with Gasteiger partial charge >= 0.3 is 5.69 Å². The van der Waals surface area contributed by atoms with Crippen LogP contribution in [0.25, 0.3) is 0 Å². The highest BCUT2D eigenvalue weighted by Gasteiger charge is 2.19. The van der Waals surface area contributed by atoms with Crippen molar-refractivity contribution in [3.63, 3.8) is 0 Å². The van der Waals surface area contributed by atoms with Gasteiger partial charge in [-0.2, -0.15) is 0 Å². The number of aryl methyl sites for hydroxylation is 1. The van der Waals surface area contributed by atoms with Crippen molar-refractivity contribution in [2.45, 2.75) is 45.1 Å². The molecule has 1 saturated carbocycles. The second-order valence-corrected chi connectivity index (χ2v) is 7.24. The van der Waals surface area contributed by atoms with Crippen LogP contribution < -0.4 is 16.6 Å². The molecule has 0 aliphatic heterocycles. The molecule has 0 saturated heterocycles. The molecule has 0 radical (unpaired) electrons. The maximum Gasteiger partial charge on any atom is 0.330 e. The van der Waals surface area contributed by atoms with E-state index in [1.807, 2.05) is 25.1 Å². The lowest BCUT2D eigenvalue weighted by atomic mass is 9.95. The van der Waals surface area contributed by atoms with E-state index in [4.69, 9.17) is 0 Å². The van der Waals surface area contributed by atoms with Crippen molar-refractivity contribution in [2.75, 3.05) is 5.32 Å². The molecule has 0 unspecified atom stereocenters. The summed E-state index contributed by atoms with van der Waals surface area (Å²) >= 11 is 2.26.